The molecule has 104 valence electrons. The van der Waals surface area contributed by atoms with Crippen LogP contribution in [0, 0.1) is 5.92 Å². The quantitative estimate of drug-likeness (QED) is 0.622. The van der Waals surface area contributed by atoms with E-state index < -0.39 is 11.9 Å². The van der Waals surface area contributed by atoms with Crippen molar-refractivity contribution in [1.29, 1.82) is 0 Å². The highest BCUT2D eigenvalue weighted by Crippen LogP contribution is 2.53. The second kappa shape index (κ2) is 4.19. The Balaban J connectivity index is 2.07. The fourth-order valence-electron chi connectivity index (χ4n) is 3.73. The van der Waals surface area contributed by atoms with Crippen LogP contribution in [0.5, 0.6) is 0 Å². The second-order valence-electron chi connectivity index (χ2n) is 5.53. The van der Waals surface area contributed by atoms with Crippen LogP contribution in [-0.2, 0) is 4.79 Å². The van der Waals surface area contributed by atoms with Gasteiger partial charge < -0.3 is 10.3 Å². The van der Waals surface area contributed by atoms with Crippen molar-refractivity contribution < 1.29 is 15.1 Å². The third kappa shape index (κ3) is 1.50. The average Bonchev–Trinajstić information content (AvgIpc) is 2.85. The Morgan fingerprint density at radius 3 is 2.52 bits per heavy atom. The van der Waals surface area contributed by atoms with Gasteiger partial charge in [-0.2, -0.15) is 0 Å². The minimum absolute atomic E-state index is 0.157. The maximum absolute atomic E-state index is 11.7. The number of oxime groups is 1. The van der Waals surface area contributed by atoms with Gasteiger partial charge >= 0.3 is 5.97 Å². The fourth-order valence-corrected chi connectivity index (χ4v) is 3.73. The van der Waals surface area contributed by atoms with Crippen molar-refractivity contribution in [2.75, 3.05) is 0 Å². The standard InChI is InChI=1S/C17H13NO3/c19-17(20)13-8-14(18-21)12-7-3-6-11-9-4-1-2-5-10(9)16(13)15(11)12/h1-7,13,16,21H,8H2,(H,19,20)/b18-14+/t13-,16-/m0/s1. The van der Waals surface area contributed by atoms with E-state index in [9.17, 15) is 15.1 Å². The third-order valence-electron chi connectivity index (χ3n) is 4.57. The minimum Gasteiger partial charge on any atom is -0.481 e. The van der Waals surface area contributed by atoms with Gasteiger partial charge in [0.25, 0.3) is 0 Å². The second-order valence-corrected chi connectivity index (χ2v) is 5.53. The van der Waals surface area contributed by atoms with Gasteiger partial charge in [0.1, 0.15) is 0 Å². The molecule has 0 fully saturated rings. The van der Waals surface area contributed by atoms with E-state index in [0.717, 1.165) is 27.8 Å². The maximum atomic E-state index is 11.7. The number of carboxylic acid groups (broad SMARTS) is 1. The molecule has 4 nitrogen and oxygen atoms in total. The van der Waals surface area contributed by atoms with E-state index in [-0.39, 0.29) is 12.3 Å². The van der Waals surface area contributed by atoms with E-state index in [1.807, 2.05) is 42.5 Å². The van der Waals surface area contributed by atoms with Crippen LogP contribution in [0.25, 0.3) is 11.1 Å². The predicted molar refractivity (Wildman–Crippen MR) is 77.8 cm³/mol. The topological polar surface area (TPSA) is 69.9 Å². The zero-order valence-corrected chi connectivity index (χ0v) is 11.2. The first-order valence-electron chi connectivity index (χ1n) is 6.88. The van der Waals surface area contributed by atoms with Gasteiger partial charge in [-0.05, 0) is 22.3 Å². The molecule has 4 rings (SSSR count). The van der Waals surface area contributed by atoms with Crippen molar-refractivity contribution in [1.82, 2.24) is 0 Å². The van der Waals surface area contributed by atoms with Gasteiger partial charge in [0, 0.05) is 17.9 Å². The molecule has 2 aliphatic carbocycles. The molecule has 21 heavy (non-hydrogen) atoms. The Hall–Kier alpha value is -2.62. The van der Waals surface area contributed by atoms with Crippen LogP contribution in [0.2, 0.25) is 0 Å². The summed E-state index contributed by atoms with van der Waals surface area (Å²) in [6.07, 6.45) is 0.251. The van der Waals surface area contributed by atoms with Crippen LogP contribution in [0.4, 0.5) is 0 Å². The summed E-state index contributed by atoms with van der Waals surface area (Å²) >= 11 is 0. The molecule has 4 heteroatoms. The largest absolute Gasteiger partial charge is 0.481 e. The number of hydrogen-bond donors (Lipinski definition) is 2. The molecule has 2 aromatic rings. The molecule has 0 spiro atoms. The highest BCUT2D eigenvalue weighted by atomic mass is 16.4. The van der Waals surface area contributed by atoms with Gasteiger partial charge in [-0.25, -0.2) is 0 Å². The fraction of sp³-hybridized carbons (Fsp3) is 0.176. The molecule has 2 N–H and O–H groups in total. The Morgan fingerprint density at radius 2 is 1.76 bits per heavy atom. The molecule has 0 unspecified atom stereocenters. The highest BCUT2D eigenvalue weighted by molar-refractivity contribution is 6.08. The monoisotopic (exact) mass is 279 g/mol. The molecule has 0 radical (unpaired) electrons. The lowest BCUT2D eigenvalue weighted by Gasteiger charge is -2.29. The summed E-state index contributed by atoms with van der Waals surface area (Å²) in [5.41, 5.74) is 5.52. The van der Waals surface area contributed by atoms with Gasteiger partial charge in [-0.15, -0.1) is 0 Å². The number of carboxylic acids is 1. The number of hydrogen-bond acceptors (Lipinski definition) is 3. The number of fused-ring (bicyclic) bond motifs is 3. The van der Waals surface area contributed by atoms with E-state index in [1.54, 1.807) is 0 Å². The van der Waals surface area contributed by atoms with Crippen molar-refractivity contribution in [2.45, 2.75) is 12.3 Å². The van der Waals surface area contributed by atoms with E-state index in [0.29, 0.717) is 5.71 Å². The van der Waals surface area contributed by atoms with Gasteiger partial charge in [-0.3, -0.25) is 4.79 Å². The molecule has 0 bridgehead atoms. The van der Waals surface area contributed by atoms with Crippen molar-refractivity contribution in [3.8, 4) is 11.1 Å². The Kier molecular flexibility index (Phi) is 2.42. The van der Waals surface area contributed by atoms with Crippen molar-refractivity contribution in [2.24, 2.45) is 11.1 Å². The predicted octanol–water partition coefficient (Wildman–Crippen LogP) is 3.08. The Labute approximate surface area is 121 Å². The summed E-state index contributed by atoms with van der Waals surface area (Å²) in [5.74, 6) is -1.60. The lowest BCUT2D eigenvalue weighted by atomic mass is 9.73. The highest BCUT2D eigenvalue weighted by Gasteiger charge is 2.44. The van der Waals surface area contributed by atoms with Crippen LogP contribution in [0.1, 0.15) is 29.0 Å². The van der Waals surface area contributed by atoms with Crippen LogP contribution in [0.3, 0.4) is 0 Å². The number of benzene rings is 2. The number of nitrogens with zero attached hydrogens (tertiary/aromatic N) is 1. The maximum Gasteiger partial charge on any atom is 0.307 e. The molecule has 0 saturated heterocycles. The van der Waals surface area contributed by atoms with Gasteiger partial charge in [0.15, 0.2) is 0 Å². The van der Waals surface area contributed by atoms with Crippen molar-refractivity contribution >= 4 is 11.7 Å². The molecule has 2 aliphatic rings. The minimum atomic E-state index is -0.849. The molecule has 0 aromatic heterocycles. The van der Waals surface area contributed by atoms with Gasteiger partial charge in [0.05, 0.1) is 11.6 Å². The molecule has 0 aliphatic heterocycles. The SMILES string of the molecule is O=C(O)[C@H]1C/C(=N\O)c2cccc3c2[C@H]1c1ccccc1-3. The molecule has 2 atom stereocenters. The summed E-state index contributed by atoms with van der Waals surface area (Å²) in [7, 11) is 0. The van der Waals surface area contributed by atoms with E-state index >= 15 is 0 Å². The summed E-state index contributed by atoms with van der Waals surface area (Å²) in [4.78, 5) is 11.7. The van der Waals surface area contributed by atoms with Crippen LogP contribution in [0.15, 0.2) is 47.6 Å². The van der Waals surface area contributed by atoms with Gasteiger partial charge in [0.2, 0.25) is 0 Å². The lowest BCUT2D eigenvalue weighted by Crippen LogP contribution is -2.30. The molecule has 0 saturated carbocycles. The number of carbonyl (C=O) groups is 1. The number of rotatable bonds is 1. The Bertz CT molecular complexity index is 794. The molecule has 0 amide bonds. The lowest BCUT2D eigenvalue weighted by molar-refractivity contribution is -0.142. The average molecular weight is 279 g/mol. The molecule has 0 heterocycles. The van der Waals surface area contributed by atoms with Crippen LogP contribution >= 0.6 is 0 Å². The zero-order valence-electron chi connectivity index (χ0n) is 11.2. The Morgan fingerprint density at radius 1 is 1.05 bits per heavy atom. The van der Waals surface area contributed by atoms with E-state index in [4.69, 9.17) is 0 Å². The normalized spacial score (nSPS) is 23.7. The zero-order chi connectivity index (χ0) is 14.6. The molecule has 2 aromatic carbocycles. The summed E-state index contributed by atoms with van der Waals surface area (Å²) in [6.45, 7) is 0. The summed E-state index contributed by atoms with van der Waals surface area (Å²) in [6, 6.07) is 13.8. The number of aliphatic carboxylic acids is 1. The summed E-state index contributed by atoms with van der Waals surface area (Å²) < 4.78 is 0. The smallest absolute Gasteiger partial charge is 0.307 e. The van der Waals surface area contributed by atoms with Crippen LogP contribution < -0.4 is 0 Å². The third-order valence-corrected chi connectivity index (χ3v) is 4.57. The van der Waals surface area contributed by atoms with Crippen molar-refractivity contribution in [3.63, 3.8) is 0 Å². The van der Waals surface area contributed by atoms with Crippen molar-refractivity contribution in [3.05, 3.63) is 59.2 Å². The van der Waals surface area contributed by atoms with E-state index in [2.05, 4.69) is 5.16 Å². The first kappa shape index (κ1) is 12.1. The first-order valence-corrected chi connectivity index (χ1v) is 6.88. The molecular weight excluding hydrogens is 266 g/mol. The molecular formula is C17H13NO3. The van der Waals surface area contributed by atoms with Gasteiger partial charge in [-0.1, -0.05) is 47.6 Å². The summed E-state index contributed by atoms with van der Waals surface area (Å²) in [5, 5.41) is 22.2. The van der Waals surface area contributed by atoms with E-state index in [1.165, 1.54) is 0 Å². The van der Waals surface area contributed by atoms with Crippen LogP contribution in [-0.4, -0.2) is 22.0 Å². The first-order chi connectivity index (χ1) is 10.2.